The molecule has 0 saturated carbocycles. The summed E-state index contributed by atoms with van der Waals surface area (Å²) in [6, 6.07) is 7.36. The molecule has 5 aliphatic heterocycles. The Bertz CT molecular complexity index is 1320. The molecule has 0 amide bonds. The van der Waals surface area contributed by atoms with Gasteiger partial charge in [-0.2, -0.15) is 5.26 Å². The maximum Gasteiger partial charge on any atom is 0.212 e. The summed E-state index contributed by atoms with van der Waals surface area (Å²) in [5, 5.41) is 13.1. The molecule has 0 aliphatic carbocycles. The van der Waals surface area contributed by atoms with E-state index in [1.165, 1.54) is 12.0 Å². The van der Waals surface area contributed by atoms with Crippen LogP contribution >= 0.6 is 0 Å². The van der Waals surface area contributed by atoms with Gasteiger partial charge in [0.2, 0.25) is 5.88 Å². The van der Waals surface area contributed by atoms with Crippen molar-refractivity contribution in [2.45, 2.75) is 32.0 Å². The highest BCUT2D eigenvalue weighted by Crippen LogP contribution is 2.37. The van der Waals surface area contributed by atoms with E-state index in [2.05, 4.69) is 56.3 Å². The summed E-state index contributed by atoms with van der Waals surface area (Å²) in [5.41, 5.74) is 5.42. The number of hydrogen-bond donors (Lipinski definition) is 1. The molecule has 0 unspecified atom stereocenters. The number of piperazine rings is 1. The molecule has 188 valence electrons. The largest absolute Gasteiger partial charge is 0.481 e. The second-order valence-electron chi connectivity index (χ2n) is 9.69. The van der Waals surface area contributed by atoms with Gasteiger partial charge in [0.1, 0.15) is 11.9 Å². The van der Waals surface area contributed by atoms with Gasteiger partial charge >= 0.3 is 0 Å². The van der Waals surface area contributed by atoms with Crippen LogP contribution in [0.25, 0.3) is 5.57 Å². The molecule has 0 radical (unpaired) electrons. The molecule has 7 heterocycles. The van der Waals surface area contributed by atoms with Crippen LogP contribution in [0, 0.1) is 11.3 Å². The molecular weight excluding hydrogens is 464 g/mol. The minimum Gasteiger partial charge on any atom is -0.481 e. The standard InChI is InChI=1S/C28H30N8O/c1-3-30-21-9-24(28-20(11-29)5-4-8-34(28)16-21)25-13-32-26(14-31-25)35-17-22-10-23(18-35)36(22)15-19-6-7-27(37-2)33-12-19/h4-7,9,12-14,16,22-23,30H,3,8,10,15,17-18H2,1-2H3/t22-,23+. The number of nitrogens with zero attached hydrogens (tertiary/aromatic N) is 7. The van der Waals surface area contributed by atoms with Gasteiger partial charge in [0.15, 0.2) is 0 Å². The van der Waals surface area contributed by atoms with Crippen LogP contribution in [0.2, 0.25) is 0 Å². The van der Waals surface area contributed by atoms with E-state index in [1.54, 1.807) is 7.11 Å². The number of likely N-dealkylation sites (N-methyl/N-ethyl adjacent to an activating group) is 1. The van der Waals surface area contributed by atoms with Crippen molar-refractivity contribution in [2.75, 3.05) is 38.2 Å². The Labute approximate surface area is 217 Å². The Morgan fingerprint density at radius 2 is 2.00 bits per heavy atom. The van der Waals surface area contributed by atoms with Crippen LogP contribution in [0.15, 0.2) is 72.1 Å². The Hall–Kier alpha value is -4.16. The first-order valence-electron chi connectivity index (χ1n) is 12.7. The van der Waals surface area contributed by atoms with Crippen LogP contribution in [0.3, 0.4) is 0 Å². The third-order valence-electron chi connectivity index (χ3n) is 7.43. The minimum atomic E-state index is 0.502. The van der Waals surface area contributed by atoms with E-state index in [-0.39, 0.29) is 0 Å². The molecule has 37 heavy (non-hydrogen) atoms. The molecule has 2 aromatic heterocycles. The number of fused-ring (bicyclic) bond motifs is 3. The SMILES string of the molecule is CCNC1=CN2CC=CC(C#N)=C2C(c2cnc(N3C[C@H]4C[C@@H](C3)N4Cc3ccc(OC)nc3)cn2)=C1. The third kappa shape index (κ3) is 4.34. The number of pyridine rings is 1. The normalized spacial score (nSPS) is 22.5. The van der Waals surface area contributed by atoms with Gasteiger partial charge in [0.05, 0.1) is 42.2 Å². The molecule has 2 bridgehead atoms. The van der Waals surface area contributed by atoms with Gasteiger partial charge in [-0.15, -0.1) is 0 Å². The molecule has 0 aromatic carbocycles. The second kappa shape index (κ2) is 9.71. The van der Waals surface area contributed by atoms with Crippen molar-refractivity contribution < 1.29 is 4.74 Å². The van der Waals surface area contributed by atoms with E-state index >= 15 is 0 Å². The molecule has 3 saturated heterocycles. The maximum absolute atomic E-state index is 9.74. The number of rotatable bonds is 7. The average molecular weight is 495 g/mol. The maximum atomic E-state index is 9.74. The lowest BCUT2D eigenvalue weighted by Gasteiger charge is -2.56. The third-order valence-corrected chi connectivity index (χ3v) is 7.43. The summed E-state index contributed by atoms with van der Waals surface area (Å²) in [6.07, 6.45) is 14.9. The van der Waals surface area contributed by atoms with E-state index in [4.69, 9.17) is 14.7 Å². The van der Waals surface area contributed by atoms with Crippen molar-refractivity contribution in [2.24, 2.45) is 0 Å². The fourth-order valence-corrected chi connectivity index (χ4v) is 5.63. The van der Waals surface area contributed by atoms with Gasteiger partial charge in [-0.25, -0.2) is 9.97 Å². The Morgan fingerprint density at radius 1 is 1.14 bits per heavy atom. The number of nitrogens with one attached hydrogen (secondary N) is 1. The van der Waals surface area contributed by atoms with E-state index in [9.17, 15) is 5.26 Å². The topological polar surface area (TPSA) is 93.4 Å². The van der Waals surface area contributed by atoms with E-state index in [0.717, 1.165) is 61.2 Å². The zero-order valence-electron chi connectivity index (χ0n) is 21.1. The van der Waals surface area contributed by atoms with E-state index in [0.29, 0.717) is 23.5 Å². The van der Waals surface area contributed by atoms with Crippen molar-refractivity contribution in [3.8, 4) is 11.9 Å². The quantitative estimate of drug-likeness (QED) is 0.624. The van der Waals surface area contributed by atoms with Gasteiger partial charge in [0.25, 0.3) is 0 Å². The fraction of sp³-hybridized carbons (Fsp3) is 0.357. The molecule has 3 fully saturated rings. The molecule has 1 N–H and O–H groups in total. The number of hydrogen-bond acceptors (Lipinski definition) is 9. The summed E-state index contributed by atoms with van der Waals surface area (Å²) in [5.74, 6) is 1.55. The van der Waals surface area contributed by atoms with Crippen LogP contribution < -0.4 is 15.0 Å². The smallest absolute Gasteiger partial charge is 0.212 e. The zero-order valence-corrected chi connectivity index (χ0v) is 21.1. The average Bonchev–Trinajstić information content (AvgIpc) is 2.95. The van der Waals surface area contributed by atoms with Crippen molar-refractivity contribution in [3.63, 3.8) is 0 Å². The van der Waals surface area contributed by atoms with Crippen molar-refractivity contribution in [3.05, 3.63) is 83.4 Å². The molecule has 9 heteroatoms. The molecular formula is C28H30N8O. The first kappa shape index (κ1) is 23.3. The van der Waals surface area contributed by atoms with Crippen molar-refractivity contribution >= 4 is 11.4 Å². The number of piperidine rings is 1. The lowest BCUT2D eigenvalue weighted by molar-refractivity contribution is -0.00879. The Balaban J connectivity index is 1.18. The Kier molecular flexibility index (Phi) is 6.10. The summed E-state index contributed by atoms with van der Waals surface area (Å²) in [4.78, 5) is 21.0. The molecule has 0 spiro atoms. The molecule has 2 atom stereocenters. The zero-order chi connectivity index (χ0) is 25.4. The van der Waals surface area contributed by atoms with Gasteiger partial charge in [-0.3, -0.25) is 9.88 Å². The first-order chi connectivity index (χ1) is 18.2. The summed E-state index contributed by atoms with van der Waals surface area (Å²) < 4.78 is 5.18. The van der Waals surface area contributed by atoms with Crippen LogP contribution in [-0.4, -0.2) is 70.1 Å². The molecule has 7 rings (SSSR count). The van der Waals surface area contributed by atoms with Crippen molar-refractivity contribution in [1.29, 1.82) is 5.26 Å². The first-order valence-corrected chi connectivity index (χ1v) is 12.7. The number of aromatic nitrogens is 3. The van der Waals surface area contributed by atoms with Gasteiger partial charge in [-0.1, -0.05) is 12.1 Å². The van der Waals surface area contributed by atoms with Crippen LogP contribution in [0.5, 0.6) is 5.88 Å². The number of nitriles is 1. The van der Waals surface area contributed by atoms with Gasteiger partial charge < -0.3 is 19.9 Å². The van der Waals surface area contributed by atoms with Crippen molar-refractivity contribution in [1.82, 2.24) is 30.1 Å². The monoisotopic (exact) mass is 494 g/mol. The molecule has 5 aliphatic rings. The Morgan fingerprint density at radius 3 is 2.68 bits per heavy atom. The lowest BCUT2D eigenvalue weighted by Crippen LogP contribution is -2.68. The van der Waals surface area contributed by atoms with Crippen LogP contribution in [0.1, 0.15) is 24.6 Å². The van der Waals surface area contributed by atoms with Crippen LogP contribution in [-0.2, 0) is 6.54 Å². The predicted octanol–water partition coefficient (Wildman–Crippen LogP) is 2.84. The summed E-state index contributed by atoms with van der Waals surface area (Å²) in [7, 11) is 1.64. The summed E-state index contributed by atoms with van der Waals surface area (Å²) >= 11 is 0. The van der Waals surface area contributed by atoms with E-state index < -0.39 is 0 Å². The van der Waals surface area contributed by atoms with Gasteiger partial charge in [0, 0.05) is 68.8 Å². The fourth-order valence-electron chi connectivity index (χ4n) is 5.63. The number of ether oxygens (including phenoxy) is 1. The number of anilines is 1. The highest BCUT2D eigenvalue weighted by atomic mass is 16.5. The number of methoxy groups -OCH3 is 1. The van der Waals surface area contributed by atoms with Gasteiger partial charge in [-0.05, 0) is 31.1 Å². The van der Waals surface area contributed by atoms with Crippen LogP contribution in [0.4, 0.5) is 5.82 Å². The molecule has 9 nitrogen and oxygen atoms in total. The molecule has 2 aromatic rings. The highest BCUT2D eigenvalue weighted by Gasteiger charge is 2.44. The lowest BCUT2D eigenvalue weighted by atomic mass is 9.87. The summed E-state index contributed by atoms with van der Waals surface area (Å²) in [6.45, 7) is 6.39. The van der Waals surface area contributed by atoms with E-state index in [1.807, 2.05) is 36.8 Å². The second-order valence-corrected chi connectivity index (χ2v) is 9.69. The predicted molar refractivity (Wildman–Crippen MR) is 141 cm³/mol. The number of allylic oxidation sites excluding steroid dienone is 4. The highest BCUT2D eigenvalue weighted by molar-refractivity contribution is 5.83. The minimum absolute atomic E-state index is 0.502.